The van der Waals surface area contributed by atoms with Gasteiger partial charge in [0.15, 0.2) is 0 Å². The molecule has 5 nitrogen and oxygen atoms in total. The number of nitrogens with one attached hydrogen (secondary N) is 2. The van der Waals surface area contributed by atoms with Crippen molar-refractivity contribution in [1.82, 2.24) is 14.8 Å². The average Bonchev–Trinajstić information content (AvgIpc) is 2.91. The number of hydrogen-bond acceptors (Lipinski definition) is 5. The molecular formula is C31H44F3N5. The predicted molar refractivity (Wildman–Crippen MR) is 158 cm³/mol. The zero-order valence-electron chi connectivity index (χ0n) is 24.1. The molecule has 0 aliphatic carbocycles. The van der Waals surface area contributed by atoms with Gasteiger partial charge in [-0.15, -0.1) is 0 Å². The highest BCUT2D eigenvalue weighted by Gasteiger charge is 2.28. The van der Waals surface area contributed by atoms with Crippen LogP contribution >= 0.6 is 0 Å². The number of nitrogens with zero attached hydrogens (tertiary/aromatic N) is 3. The zero-order valence-corrected chi connectivity index (χ0v) is 24.1. The molecule has 0 saturated heterocycles. The van der Waals surface area contributed by atoms with Gasteiger partial charge in [-0.25, -0.2) is 0 Å². The largest absolute Gasteiger partial charge is 0.405 e. The summed E-state index contributed by atoms with van der Waals surface area (Å²) in [6.45, 7) is 14.8. The van der Waals surface area contributed by atoms with Gasteiger partial charge in [-0.3, -0.25) is 10.4 Å². The molecule has 214 valence electrons. The minimum absolute atomic E-state index is 0.0856. The number of rotatable bonds is 15. The van der Waals surface area contributed by atoms with E-state index in [4.69, 9.17) is 5.41 Å². The second kappa shape index (κ2) is 15.3. The predicted octanol–water partition coefficient (Wildman–Crippen LogP) is 8.66. The first kappa shape index (κ1) is 31.9. The molecule has 0 amide bonds. The van der Waals surface area contributed by atoms with E-state index >= 15 is 0 Å². The summed E-state index contributed by atoms with van der Waals surface area (Å²) in [6.07, 6.45) is 12.8. The Bertz CT molecular complexity index is 1100. The third-order valence-corrected chi connectivity index (χ3v) is 6.45. The molecule has 2 heterocycles. The summed E-state index contributed by atoms with van der Waals surface area (Å²) in [7, 11) is 0. The molecule has 39 heavy (non-hydrogen) atoms. The van der Waals surface area contributed by atoms with E-state index in [1.54, 1.807) is 6.07 Å². The lowest BCUT2D eigenvalue weighted by molar-refractivity contribution is -0.115. The van der Waals surface area contributed by atoms with Gasteiger partial charge in [0.1, 0.15) is 6.54 Å². The van der Waals surface area contributed by atoms with Gasteiger partial charge in [0, 0.05) is 42.4 Å². The summed E-state index contributed by atoms with van der Waals surface area (Å²) in [5, 5.41) is 11.6. The number of hydrogen-bond donors (Lipinski definition) is 2. The minimum Gasteiger partial charge on any atom is -0.376 e. The van der Waals surface area contributed by atoms with Crippen LogP contribution in [-0.4, -0.2) is 46.3 Å². The summed E-state index contributed by atoms with van der Waals surface area (Å²) >= 11 is 0. The van der Waals surface area contributed by atoms with E-state index in [1.165, 1.54) is 6.20 Å². The maximum atomic E-state index is 13.3. The van der Waals surface area contributed by atoms with Gasteiger partial charge in [0.25, 0.3) is 0 Å². The van der Waals surface area contributed by atoms with Crippen LogP contribution in [0.25, 0.3) is 5.70 Å². The second-order valence-electron chi connectivity index (χ2n) is 9.77. The van der Waals surface area contributed by atoms with E-state index in [0.29, 0.717) is 22.7 Å². The molecule has 1 aromatic heterocycles. The molecule has 0 radical (unpaired) electrons. The standard InChI is InChI=1S/C31H44F3N5/c1-7-11-14-25-16-15-23(5)21-39(25)29(10-4)30(35)26-20-36-27(19-28(26)37-22-31(32,33)34)24(6)38(17-12-8-2)18-13-9-3/h10,14-16,19-21,35H,6-9,11-13,17-18,22H2,1-5H3,(H,36,37)/b25-14+,29-10-,35-30?. The fraction of sp³-hybridized carbons (Fsp3) is 0.484. The van der Waals surface area contributed by atoms with Crippen LogP contribution < -0.4 is 5.32 Å². The van der Waals surface area contributed by atoms with Crippen LogP contribution in [0.1, 0.15) is 84.4 Å². The molecule has 0 atom stereocenters. The smallest absolute Gasteiger partial charge is 0.376 e. The third-order valence-electron chi connectivity index (χ3n) is 6.45. The molecule has 0 bridgehead atoms. The molecule has 0 fully saturated rings. The van der Waals surface area contributed by atoms with Crippen LogP contribution in [0.2, 0.25) is 0 Å². The topological polar surface area (TPSA) is 55.3 Å². The van der Waals surface area contributed by atoms with Gasteiger partial charge in [-0.05, 0) is 50.8 Å². The Balaban J connectivity index is 2.51. The number of anilines is 1. The van der Waals surface area contributed by atoms with Crippen molar-refractivity contribution in [2.45, 2.75) is 79.3 Å². The van der Waals surface area contributed by atoms with E-state index in [9.17, 15) is 13.2 Å². The van der Waals surface area contributed by atoms with Gasteiger partial charge in [-0.1, -0.05) is 64.8 Å². The zero-order chi connectivity index (χ0) is 29.0. The molecule has 0 aromatic carbocycles. The number of alkyl halides is 3. The Morgan fingerprint density at radius 1 is 1.13 bits per heavy atom. The fourth-order valence-electron chi connectivity index (χ4n) is 4.22. The van der Waals surface area contributed by atoms with Crippen LogP contribution in [0.15, 0.2) is 66.3 Å². The molecular weight excluding hydrogens is 499 g/mol. The molecule has 1 aliphatic rings. The van der Waals surface area contributed by atoms with Gasteiger partial charge < -0.3 is 15.1 Å². The first-order chi connectivity index (χ1) is 18.6. The van der Waals surface area contributed by atoms with Crippen molar-refractivity contribution < 1.29 is 13.2 Å². The van der Waals surface area contributed by atoms with Crippen LogP contribution in [0.5, 0.6) is 0 Å². The van der Waals surface area contributed by atoms with Gasteiger partial charge in [-0.2, -0.15) is 13.2 Å². The second-order valence-corrected chi connectivity index (χ2v) is 9.77. The summed E-state index contributed by atoms with van der Waals surface area (Å²) < 4.78 is 39.8. The fourth-order valence-corrected chi connectivity index (χ4v) is 4.22. The minimum atomic E-state index is -4.41. The Kier molecular flexibility index (Phi) is 12.6. The van der Waals surface area contributed by atoms with Gasteiger partial charge in [0.2, 0.25) is 0 Å². The number of allylic oxidation sites excluding steroid dienone is 6. The maximum Gasteiger partial charge on any atom is 0.405 e. The molecule has 0 unspecified atom stereocenters. The Morgan fingerprint density at radius 2 is 1.79 bits per heavy atom. The lowest BCUT2D eigenvalue weighted by Crippen LogP contribution is -2.27. The highest BCUT2D eigenvalue weighted by molar-refractivity contribution is 6.13. The number of unbranched alkanes of at least 4 members (excludes halogenated alkanes) is 3. The van der Waals surface area contributed by atoms with Crippen LogP contribution in [-0.2, 0) is 0 Å². The van der Waals surface area contributed by atoms with Crippen molar-refractivity contribution in [2.24, 2.45) is 0 Å². The first-order valence-electron chi connectivity index (χ1n) is 13.9. The Hall–Kier alpha value is -3.29. The van der Waals surface area contributed by atoms with Crippen molar-refractivity contribution in [3.8, 4) is 0 Å². The van der Waals surface area contributed by atoms with Gasteiger partial charge >= 0.3 is 6.18 Å². The van der Waals surface area contributed by atoms with Crippen LogP contribution in [0.4, 0.5) is 18.9 Å². The lowest BCUT2D eigenvalue weighted by Gasteiger charge is -2.29. The maximum absolute atomic E-state index is 13.3. The highest BCUT2D eigenvalue weighted by atomic mass is 19.4. The van der Waals surface area contributed by atoms with Crippen LogP contribution in [0, 0.1) is 5.41 Å². The summed E-state index contributed by atoms with van der Waals surface area (Å²) in [5.74, 6) is 0. The summed E-state index contributed by atoms with van der Waals surface area (Å²) in [5.41, 5.74) is 4.28. The molecule has 0 saturated carbocycles. The van der Waals surface area contributed by atoms with Crippen molar-refractivity contribution in [3.05, 3.63) is 77.6 Å². The van der Waals surface area contributed by atoms with E-state index in [0.717, 1.165) is 62.9 Å². The highest BCUT2D eigenvalue weighted by Crippen LogP contribution is 2.30. The third kappa shape index (κ3) is 9.44. The number of aromatic nitrogens is 1. The van der Waals surface area contributed by atoms with Crippen molar-refractivity contribution in [3.63, 3.8) is 0 Å². The first-order valence-corrected chi connectivity index (χ1v) is 13.9. The number of pyridine rings is 1. The number of halogens is 3. The van der Waals surface area contributed by atoms with Crippen molar-refractivity contribution in [1.29, 1.82) is 5.41 Å². The summed E-state index contributed by atoms with van der Waals surface area (Å²) in [6, 6.07) is 1.60. The SMILES string of the molecule is C=C(c1cc(NCC(F)(F)F)c(C(=N)/C(=C/C)N2C=C(C)C=C/C2=C\CCC)cn1)N(CCCC)CCCC. The molecule has 2 N–H and O–H groups in total. The quantitative estimate of drug-likeness (QED) is 0.217. The normalized spacial score (nSPS) is 15.0. The molecule has 0 spiro atoms. The summed E-state index contributed by atoms with van der Waals surface area (Å²) in [4.78, 5) is 8.67. The monoisotopic (exact) mass is 543 g/mol. The average molecular weight is 544 g/mol. The molecule has 8 heteroatoms. The lowest BCUT2D eigenvalue weighted by atomic mass is 10.0. The Morgan fingerprint density at radius 3 is 2.36 bits per heavy atom. The van der Waals surface area contributed by atoms with Gasteiger partial charge in [0.05, 0.1) is 22.8 Å². The van der Waals surface area contributed by atoms with E-state index in [-0.39, 0.29) is 11.4 Å². The van der Waals surface area contributed by atoms with E-state index in [1.807, 2.05) is 43.2 Å². The molecule has 1 aliphatic heterocycles. The Labute approximate surface area is 232 Å². The van der Waals surface area contributed by atoms with Crippen LogP contribution in [0.3, 0.4) is 0 Å². The molecule has 2 rings (SSSR count). The van der Waals surface area contributed by atoms with E-state index in [2.05, 4.69) is 48.6 Å². The molecule has 1 aromatic rings. The van der Waals surface area contributed by atoms with E-state index < -0.39 is 12.7 Å². The van der Waals surface area contributed by atoms with Crippen molar-refractivity contribution in [2.75, 3.05) is 25.0 Å². The van der Waals surface area contributed by atoms with Crippen molar-refractivity contribution >= 4 is 17.1 Å².